The molecule has 5 aliphatic heterocycles. The minimum atomic E-state index is 0. The van der Waals surface area contributed by atoms with Gasteiger partial charge in [-0.2, -0.15) is 9.98 Å². The molecule has 0 aromatic carbocycles. The van der Waals surface area contributed by atoms with Gasteiger partial charge in [0, 0.05) is 16.7 Å². The number of hydrogen-bond acceptors (Lipinski definition) is 8. The van der Waals surface area contributed by atoms with E-state index in [1.165, 1.54) is 27.9 Å². The maximum atomic E-state index is 5.47. The second-order valence-corrected chi connectivity index (χ2v) is 10.3. The van der Waals surface area contributed by atoms with Crippen LogP contribution >= 0.6 is 0 Å². The van der Waals surface area contributed by atoms with Crippen LogP contribution in [0.4, 0.5) is 0 Å². The molecule has 0 unspecified atom stereocenters. The zero-order chi connectivity index (χ0) is 28.6. The van der Waals surface area contributed by atoms with Gasteiger partial charge < -0.3 is 0 Å². The molecular formula is C32H42N8Pt+2. The first-order chi connectivity index (χ1) is 19.5. The van der Waals surface area contributed by atoms with Gasteiger partial charge in [0.1, 0.15) is 0 Å². The van der Waals surface area contributed by atoms with Gasteiger partial charge in [0.05, 0.1) is 34.2 Å². The van der Waals surface area contributed by atoms with Gasteiger partial charge in [-0.25, -0.2) is 20.0 Å². The normalized spacial score (nSPS) is 20.1. The van der Waals surface area contributed by atoms with Crippen molar-refractivity contribution in [3.63, 3.8) is 0 Å². The number of aliphatic imine (C=N–C) groups is 6. The van der Waals surface area contributed by atoms with Gasteiger partial charge in [-0.15, -0.1) is 0 Å². The monoisotopic (exact) mass is 733 g/mol. The van der Waals surface area contributed by atoms with Crippen molar-refractivity contribution in [3.8, 4) is 0 Å². The molecule has 0 aromatic rings. The summed E-state index contributed by atoms with van der Waals surface area (Å²) < 4.78 is 0. The summed E-state index contributed by atoms with van der Waals surface area (Å²) in [4.78, 5) is 30.2. The Kier molecular flexibility index (Phi) is 9.73. The molecule has 5 heterocycles. The minimum Gasteiger partial charge on any atom is -0.281 e. The number of guanidine groups is 2. The van der Waals surface area contributed by atoms with Crippen LogP contribution in [0.5, 0.6) is 0 Å². The van der Waals surface area contributed by atoms with Crippen LogP contribution in [0.1, 0.15) is 107 Å². The molecule has 218 valence electrons. The molecule has 0 saturated heterocycles. The van der Waals surface area contributed by atoms with E-state index in [-0.39, 0.29) is 21.1 Å². The third kappa shape index (κ3) is 5.13. The van der Waals surface area contributed by atoms with Gasteiger partial charge in [0.25, 0.3) is 5.96 Å². The summed E-state index contributed by atoms with van der Waals surface area (Å²) in [5.74, 6) is 1.64. The van der Waals surface area contributed by atoms with Crippen LogP contribution in [0, 0.1) is 0 Å². The molecule has 0 fully saturated rings. The van der Waals surface area contributed by atoms with Crippen molar-refractivity contribution in [2.45, 2.75) is 107 Å². The summed E-state index contributed by atoms with van der Waals surface area (Å²) in [6.45, 7) is 17.7. The first kappa shape index (κ1) is 31.0. The zero-order valence-corrected chi connectivity index (χ0v) is 27.9. The molecule has 41 heavy (non-hydrogen) atoms. The Bertz CT molecular complexity index is 1500. The van der Waals surface area contributed by atoms with Crippen LogP contribution < -0.4 is 10.9 Å². The van der Waals surface area contributed by atoms with E-state index in [2.05, 4.69) is 66.2 Å². The SMILES string of the molecule is CCC1=NC2=NC1=C(CC)C1=NC(=C(CC)C3=NC(=C(CC)C4=NC(=N2)NN4)C(CC)=C3CC)C(CC)=C1CC.[Pt+2]. The van der Waals surface area contributed by atoms with Gasteiger partial charge in [0.15, 0.2) is 5.84 Å². The summed E-state index contributed by atoms with van der Waals surface area (Å²) >= 11 is 0. The number of allylic oxidation sites excluding steroid dienone is 7. The predicted octanol–water partition coefficient (Wildman–Crippen LogP) is 7.22. The van der Waals surface area contributed by atoms with Crippen LogP contribution in [0.2, 0.25) is 0 Å². The van der Waals surface area contributed by atoms with Crippen molar-refractivity contribution in [1.82, 2.24) is 10.9 Å². The van der Waals surface area contributed by atoms with Gasteiger partial charge in [-0.1, -0.05) is 55.4 Å². The Labute approximate surface area is 258 Å². The average Bonchev–Trinajstić information content (AvgIpc) is 3.75. The number of fused-ring (bicyclic) bond motifs is 4. The van der Waals surface area contributed by atoms with E-state index < -0.39 is 0 Å². The van der Waals surface area contributed by atoms with E-state index >= 15 is 0 Å². The Morgan fingerprint density at radius 1 is 0.415 bits per heavy atom. The van der Waals surface area contributed by atoms with E-state index in [0.29, 0.717) is 11.9 Å². The molecule has 0 saturated carbocycles. The van der Waals surface area contributed by atoms with Crippen molar-refractivity contribution in [2.75, 3.05) is 0 Å². The molecule has 9 heteroatoms. The number of amidine groups is 1. The van der Waals surface area contributed by atoms with Gasteiger partial charge in [0.2, 0.25) is 5.96 Å². The number of nitrogens with zero attached hydrogens (tertiary/aromatic N) is 6. The maximum absolute atomic E-state index is 5.47. The summed E-state index contributed by atoms with van der Waals surface area (Å²) in [6, 6.07) is 0. The second-order valence-electron chi connectivity index (χ2n) is 10.3. The molecular weight excluding hydrogens is 691 g/mol. The number of hydrazine groups is 1. The molecule has 8 bridgehead atoms. The average molecular weight is 734 g/mol. The quantitative estimate of drug-likeness (QED) is 0.276. The van der Waals surface area contributed by atoms with Crippen molar-refractivity contribution < 1.29 is 21.1 Å². The molecule has 8 nitrogen and oxygen atoms in total. The summed E-state index contributed by atoms with van der Waals surface area (Å²) in [5, 5.41) is 0. The van der Waals surface area contributed by atoms with Gasteiger partial charge in [-0.05, 0) is 73.7 Å². The van der Waals surface area contributed by atoms with E-state index in [1.54, 1.807) is 0 Å². The Morgan fingerprint density at radius 3 is 1.39 bits per heavy atom. The van der Waals surface area contributed by atoms with Crippen molar-refractivity contribution in [2.24, 2.45) is 30.0 Å². The summed E-state index contributed by atoms with van der Waals surface area (Å²) in [6.07, 6.45) is 6.90. The third-order valence-electron chi connectivity index (χ3n) is 8.28. The van der Waals surface area contributed by atoms with E-state index in [0.717, 1.165) is 103 Å². The first-order valence-electron chi connectivity index (χ1n) is 15.2. The zero-order valence-electron chi connectivity index (χ0n) is 25.7. The Balaban J connectivity index is 0.00000387. The number of rotatable bonds is 8. The van der Waals surface area contributed by atoms with Crippen LogP contribution in [0.25, 0.3) is 0 Å². The standard InChI is InChI=1S/C32H42N8.Pt/c1-9-17-18(10-2)27-22(14-6)29-24(16-8)33-31(36-29)38-32-37-30(39-40-32)23(15-7)28-20(12-4)19(11-3)26(35-28)21(13-5)25(17)34-27;/h9-16H2,1-8H3,(H2,33,36,37,38,39,40);/q;+2. The topological polar surface area (TPSA) is 98.2 Å². The molecule has 0 spiro atoms. The van der Waals surface area contributed by atoms with Crippen molar-refractivity contribution >= 4 is 34.9 Å². The third-order valence-corrected chi connectivity index (χ3v) is 8.28. The van der Waals surface area contributed by atoms with Gasteiger partial charge >= 0.3 is 21.1 Å². The fourth-order valence-electron chi connectivity index (χ4n) is 6.40. The van der Waals surface area contributed by atoms with Crippen LogP contribution in [0.3, 0.4) is 0 Å². The summed E-state index contributed by atoms with van der Waals surface area (Å²) in [5.41, 5.74) is 21.3. The Hall–Kier alpha value is -2.99. The fourth-order valence-corrected chi connectivity index (χ4v) is 6.40. The molecule has 0 radical (unpaired) electrons. The second kappa shape index (κ2) is 12.9. The van der Waals surface area contributed by atoms with Crippen molar-refractivity contribution in [3.05, 3.63) is 56.1 Å². The Morgan fingerprint density at radius 2 is 0.902 bits per heavy atom. The fraction of sp³-hybridized carbons (Fsp3) is 0.500. The molecule has 0 amide bonds. The molecule has 0 atom stereocenters. The largest absolute Gasteiger partial charge is 2.00 e. The molecule has 5 aliphatic rings. The number of nitrogens with one attached hydrogen (secondary N) is 2. The molecule has 2 N–H and O–H groups in total. The van der Waals surface area contributed by atoms with Crippen LogP contribution in [-0.2, 0) is 21.1 Å². The maximum Gasteiger partial charge on any atom is 2.00 e. The minimum absolute atomic E-state index is 0. The molecule has 0 aliphatic carbocycles. The first-order valence-corrected chi connectivity index (χ1v) is 15.2. The summed E-state index contributed by atoms with van der Waals surface area (Å²) in [7, 11) is 0. The van der Waals surface area contributed by atoms with E-state index in [4.69, 9.17) is 30.0 Å². The number of hydrogen-bond donors (Lipinski definition) is 2. The van der Waals surface area contributed by atoms with Crippen molar-refractivity contribution in [1.29, 1.82) is 0 Å². The van der Waals surface area contributed by atoms with E-state index in [1.807, 2.05) is 0 Å². The van der Waals surface area contributed by atoms with Crippen LogP contribution in [0.15, 0.2) is 86.1 Å². The molecule has 0 aromatic heterocycles. The molecule has 5 rings (SSSR count). The van der Waals surface area contributed by atoms with Gasteiger partial charge in [-0.3, -0.25) is 10.9 Å². The smallest absolute Gasteiger partial charge is 0.281 e. The predicted molar refractivity (Wildman–Crippen MR) is 168 cm³/mol. The van der Waals surface area contributed by atoms with Crippen LogP contribution in [-0.4, -0.2) is 34.9 Å². The van der Waals surface area contributed by atoms with E-state index in [9.17, 15) is 0 Å².